The molecule has 0 bridgehead atoms. The molecule has 29 heavy (non-hydrogen) atoms. The van der Waals surface area contributed by atoms with Gasteiger partial charge in [-0.2, -0.15) is 4.99 Å². The van der Waals surface area contributed by atoms with Crippen LogP contribution in [0.5, 0.6) is 0 Å². The molecule has 4 rings (SSSR count). The number of hydrogen-bond acceptors (Lipinski definition) is 4. The van der Waals surface area contributed by atoms with Crippen LogP contribution in [0.3, 0.4) is 0 Å². The van der Waals surface area contributed by atoms with Gasteiger partial charge in [0.15, 0.2) is 4.80 Å². The van der Waals surface area contributed by atoms with Crippen molar-refractivity contribution in [3.05, 3.63) is 81.9 Å². The molecule has 2 heterocycles. The third kappa shape index (κ3) is 4.15. The first-order valence-electron chi connectivity index (χ1n) is 9.01. The van der Waals surface area contributed by atoms with Crippen molar-refractivity contribution in [1.82, 2.24) is 4.57 Å². The Morgan fingerprint density at radius 2 is 2.00 bits per heavy atom. The Hall–Kier alpha value is -2.78. The van der Waals surface area contributed by atoms with Gasteiger partial charge < -0.3 is 4.57 Å². The predicted octanol–water partition coefficient (Wildman–Crippen LogP) is 3.02. The number of amides is 1. The fourth-order valence-electron chi connectivity index (χ4n) is 3.19. The lowest BCUT2D eigenvalue weighted by atomic mass is 10.2. The molecule has 1 saturated heterocycles. The molecule has 150 valence electrons. The minimum Gasteiger partial charge on any atom is -0.319 e. The van der Waals surface area contributed by atoms with Crippen molar-refractivity contribution in [1.29, 1.82) is 0 Å². The summed E-state index contributed by atoms with van der Waals surface area (Å²) in [5.41, 5.74) is 1.27. The molecule has 3 aromatic rings. The van der Waals surface area contributed by atoms with E-state index < -0.39 is 15.9 Å². The van der Waals surface area contributed by atoms with Gasteiger partial charge in [-0.1, -0.05) is 24.3 Å². The van der Waals surface area contributed by atoms with Crippen molar-refractivity contribution < 1.29 is 17.6 Å². The van der Waals surface area contributed by atoms with Crippen LogP contribution < -0.4 is 9.11 Å². The van der Waals surface area contributed by atoms with Crippen molar-refractivity contribution in [2.75, 3.05) is 16.6 Å². The summed E-state index contributed by atoms with van der Waals surface area (Å²) >= 11 is 1.27. The number of nitrogens with zero attached hydrogens (tertiary/aromatic N) is 3. The number of benzene rings is 2. The van der Waals surface area contributed by atoms with Gasteiger partial charge in [-0.15, -0.1) is 11.3 Å². The lowest BCUT2D eigenvalue weighted by molar-refractivity contribution is 0.0998. The van der Waals surface area contributed by atoms with Crippen LogP contribution in [0.4, 0.5) is 10.1 Å². The van der Waals surface area contributed by atoms with Crippen LogP contribution in [-0.4, -0.2) is 31.2 Å². The maximum Gasteiger partial charge on any atom is 0.279 e. The minimum absolute atomic E-state index is 0.112. The molecule has 2 aromatic carbocycles. The van der Waals surface area contributed by atoms with Crippen LogP contribution in [0, 0.1) is 5.82 Å². The Morgan fingerprint density at radius 3 is 2.76 bits per heavy atom. The predicted molar refractivity (Wildman–Crippen MR) is 110 cm³/mol. The summed E-state index contributed by atoms with van der Waals surface area (Å²) in [6, 6.07) is 12.9. The second-order valence-electron chi connectivity index (χ2n) is 6.61. The number of rotatable bonds is 4. The SMILES string of the molecule is O=C(N=c1sccn1Cc1ccccc1F)c1cccc(N2CCCS2(=O)=O)c1. The van der Waals surface area contributed by atoms with Crippen molar-refractivity contribution in [3.8, 4) is 0 Å². The Bertz CT molecular complexity index is 1230. The molecule has 0 unspecified atom stereocenters. The number of hydrogen-bond donors (Lipinski definition) is 0. The maximum absolute atomic E-state index is 13.9. The first-order chi connectivity index (χ1) is 13.9. The molecule has 1 aromatic heterocycles. The Balaban J connectivity index is 1.62. The third-order valence-corrected chi connectivity index (χ3v) is 7.30. The minimum atomic E-state index is -3.32. The molecule has 0 saturated carbocycles. The molecule has 0 aliphatic carbocycles. The molecule has 1 amide bonds. The zero-order valence-corrected chi connectivity index (χ0v) is 17.0. The summed E-state index contributed by atoms with van der Waals surface area (Å²) in [6.07, 6.45) is 2.31. The topological polar surface area (TPSA) is 71.7 Å². The van der Waals surface area contributed by atoms with E-state index in [1.54, 1.807) is 58.6 Å². The first-order valence-corrected chi connectivity index (χ1v) is 11.5. The van der Waals surface area contributed by atoms with Crippen LogP contribution >= 0.6 is 11.3 Å². The normalized spacial score (nSPS) is 16.3. The van der Waals surface area contributed by atoms with E-state index in [2.05, 4.69) is 4.99 Å². The number of anilines is 1. The molecule has 6 nitrogen and oxygen atoms in total. The van der Waals surface area contributed by atoms with Crippen LogP contribution in [0.1, 0.15) is 22.3 Å². The summed E-state index contributed by atoms with van der Waals surface area (Å²) in [5.74, 6) is -0.683. The number of aromatic nitrogens is 1. The van der Waals surface area contributed by atoms with Gasteiger partial charge in [0.1, 0.15) is 5.82 Å². The number of sulfonamides is 1. The van der Waals surface area contributed by atoms with Gasteiger partial charge in [-0.25, -0.2) is 12.8 Å². The van der Waals surface area contributed by atoms with E-state index in [0.717, 1.165) is 0 Å². The molecule has 0 atom stereocenters. The van der Waals surface area contributed by atoms with E-state index in [1.165, 1.54) is 21.7 Å². The van der Waals surface area contributed by atoms with E-state index in [-0.39, 0.29) is 18.1 Å². The molecular formula is C20H18FN3O3S2. The molecule has 0 spiro atoms. The monoisotopic (exact) mass is 431 g/mol. The van der Waals surface area contributed by atoms with Gasteiger partial charge in [0.2, 0.25) is 10.0 Å². The van der Waals surface area contributed by atoms with Crippen LogP contribution in [0.15, 0.2) is 65.1 Å². The van der Waals surface area contributed by atoms with Gasteiger partial charge >= 0.3 is 0 Å². The molecule has 1 aliphatic heterocycles. The van der Waals surface area contributed by atoms with Gasteiger partial charge in [-0.05, 0) is 30.7 Å². The van der Waals surface area contributed by atoms with Gasteiger partial charge in [-0.3, -0.25) is 9.10 Å². The second-order valence-corrected chi connectivity index (χ2v) is 9.50. The first kappa shape index (κ1) is 19.5. The molecule has 1 aliphatic rings. The van der Waals surface area contributed by atoms with Crippen LogP contribution in [0.25, 0.3) is 0 Å². The number of carbonyl (C=O) groups is 1. The standard InChI is InChI=1S/C20H18FN3O3S2/c21-18-8-2-1-5-16(18)14-23-10-11-28-20(23)22-19(25)15-6-3-7-17(13-15)24-9-4-12-29(24,26)27/h1-3,5-8,10-11,13H,4,9,12,14H2. The fraction of sp³-hybridized carbons (Fsp3) is 0.200. The highest BCUT2D eigenvalue weighted by molar-refractivity contribution is 7.93. The smallest absolute Gasteiger partial charge is 0.279 e. The van der Waals surface area contributed by atoms with E-state index in [9.17, 15) is 17.6 Å². The molecular weight excluding hydrogens is 413 g/mol. The lowest BCUT2D eigenvalue weighted by Gasteiger charge is -2.17. The zero-order chi connectivity index (χ0) is 20.4. The molecule has 1 fully saturated rings. The lowest BCUT2D eigenvalue weighted by Crippen LogP contribution is -2.25. The van der Waals surface area contributed by atoms with Gasteiger partial charge in [0.25, 0.3) is 5.91 Å². The average molecular weight is 432 g/mol. The van der Waals surface area contributed by atoms with Crippen molar-refractivity contribution in [2.24, 2.45) is 4.99 Å². The molecule has 9 heteroatoms. The zero-order valence-electron chi connectivity index (χ0n) is 15.4. The summed E-state index contributed by atoms with van der Waals surface area (Å²) in [5, 5.41) is 1.78. The maximum atomic E-state index is 13.9. The Labute approximate surface area is 171 Å². The Morgan fingerprint density at radius 1 is 1.17 bits per heavy atom. The van der Waals surface area contributed by atoms with Gasteiger partial charge in [0.05, 0.1) is 18.0 Å². The Kier molecular flexibility index (Phi) is 5.33. The third-order valence-electron chi connectivity index (χ3n) is 4.64. The largest absolute Gasteiger partial charge is 0.319 e. The van der Waals surface area contributed by atoms with E-state index in [0.29, 0.717) is 34.6 Å². The highest BCUT2D eigenvalue weighted by Crippen LogP contribution is 2.25. The highest BCUT2D eigenvalue weighted by Gasteiger charge is 2.28. The van der Waals surface area contributed by atoms with E-state index in [4.69, 9.17) is 0 Å². The van der Waals surface area contributed by atoms with Crippen LogP contribution in [-0.2, 0) is 16.6 Å². The van der Waals surface area contributed by atoms with Crippen molar-refractivity contribution >= 4 is 33.0 Å². The van der Waals surface area contributed by atoms with E-state index in [1.807, 2.05) is 0 Å². The van der Waals surface area contributed by atoms with Gasteiger partial charge in [0, 0.05) is 29.2 Å². The van der Waals surface area contributed by atoms with E-state index >= 15 is 0 Å². The molecule has 0 N–H and O–H groups in total. The summed E-state index contributed by atoms with van der Waals surface area (Å²) in [6.45, 7) is 0.666. The number of halogens is 1. The highest BCUT2D eigenvalue weighted by atomic mass is 32.2. The average Bonchev–Trinajstić information content (AvgIpc) is 3.29. The fourth-order valence-corrected chi connectivity index (χ4v) is 5.47. The summed E-state index contributed by atoms with van der Waals surface area (Å²) in [4.78, 5) is 17.3. The summed E-state index contributed by atoms with van der Waals surface area (Å²) in [7, 11) is -3.32. The quantitative estimate of drug-likeness (QED) is 0.638. The molecule has 0 radical (unpaired) electrons. The second kappa shape index (κ2) is 7.92. The van der Waals surface area contributed by atoms with Crippen molar-refractivity contribution in [2.45, 2.75) is 13.0 Å². The number of carbonyl (C=O) groups excluding carboxylic acids is 1. The number of thiazole rings is 1. The van der Waals surface area contributed by atoms with Crippen LogP contribution in [0.2, 0.25) is 0 Å². The van der Waals surface area contributed by atoms with Crippen molar-refractivity contribution in [3.63, 3.8) is 0 Å². The summed E-state index contributed by atoms with van der Waals surface area (Å²) < 4.78 is 41.2.